The molecule has 0 fully saturated rings. The molecule has 1 rings (SSSR count). The second-order valence-electron chi connectivity index (χ2n) is 6.59. The van der Waals surface area contributed by atoms with Gasteiger partial charge in [-0.15, -0.1) is 0 Å². The van der Waals surface area contributed by atoms with Crippen molar-refractivity contribution >= 4 is 11.9 Å². The minimum absolute atomic E-state index is 0.305. The lowest BCUT2D eigenvalue weighted by atomic mass is 9.61. The summed E-state index contributed by atoms with van der Waals surface area (Å²) in [7, 11) is 0. The molecule has 0 radical (unpaired) electrons. The topological polar surface area (TPSA) is 52.6 Å². The van der Waals surface area contributed by atoms with E-state index in [9.17, 15) is 9.59 Å². The molecule has 1 aliphatic carbocycles. The minimum Gasteiger partial charge on any atom is -0.463 e. The van der Waals surface area contributed by atoms with E-state index >= 15 is 0 Å². The Morgan fingerprint density at radius 2 is 1.77 bits per heavy atom. The Kier molecular flexibility index (Phi) is 6.64. The van der Waals surface area contributed by atoms with E-state index in [-0.39, 0.29) is 11.9 Å². The molecule has 0 aliphatic heterocycles. The van der Waals surface area contributed by atoms with E-state index in [4.69, 9.17) is 9.47 Å². The Hall–Kier alpha value is -1.32. The number of ether oxygens (including phenoxy) is 2. The molecule has 126 valence electrons. The van der Waals surface area contributed by atoms with Gasteiger partial charge in [0.2, 0.25) is 0 Å². The fourth-order valence-corrected chi connectivity index (χ4v) is 3.30. The zero-order valence-corrected chi connectivity index (χ0v) is 14.8. The average Bonchev–Trinajstić information content (AvgIpc) is 2.47. The lowest BCUT2D eigenvalue weighted by molar-refractivity contribution is -0.144. The highest BCUT2D eigenvalue weighted by molar-refractivity contribution is 6.01. The molecule has 2 atom stereocenters. The monoisotopic (exact) mass is 310 g/mol. The fourth-order valence-electron chi connectivity index (χ4n) is 3.30. The molecular weight excluding hydrogens is 280 g/mol. The van der Waals surface area contributed by atoms with Gasteiger partial charge in [-0.3, -0.25) is 0 Å². The van der Waals surface area contributed by atoms with Gasteiger partial charge in [0.15, 0.2) is 0 Å². The predicted molar refractivity (Wildman–Crippen MR) is 86.3 cm³/mol. The zero-order valence-electron chi connectivity index (χ0n) is 14.8. The van der Waals surface area contributed by atoms with Gasteiger partial charge in [-0.2, -0.15) is 0 Å². The molecule has 0 heterocycles. The van der Waals surface area contributed by atoms with Gasteiger partial charge in [0.1, 0.15) is 0 Å². The number of esters is 2. The quantitative estimate of drug-likeness (QED) is 0.698. The molecule has 0 spiro atoms. The second-order valence-corrected chi connectivity index (χ2v) is 6.59. The highest BCUT2D eigenvalue weighted by Gasteiger charge is 2.46. The van der Waals surface area contributed by atoms with Crippen molar-refractivity contribution in [3.8, 4) is 0 Å². The number of carbonyl (C=O) groups excluding carboxylic acids is 2. The van der Waals surface area contributed by atoms with Crippen LogP contribution in [0, 0.1) is 17.3 Å². The van der Waals surface area contributed by atoms with Crippen LogP contribution in [0.4, 0.5) is 0 Å². The maximum absolute atomic E-state index is 12.5. The lowest BCUT2D eigenvalue weighted by Gasteiger charge is -2.43. The number of rotatable bonds is 6. The van der Waals surface area contributed by atoms with Gasteiger partial charge in [-0.1, -0.05) is 41.0 Å². The van der Waals surface area contributed by atoms with Crippen LogP contribution in [0.15, 0.2) is 11.1 Å². The summed E-state index contributed by atoms with van der Waals surface area (Å²) in [6.45, 7) is 12.8. The summed E-state index contributed by atoms with van der Waals surface area (Å²) in [6.07, 6.45) is 2.34. The maximum Gasteiger partial charge on any atom is 0.335 e. The highest BCUT2D eigenvalue weighted by Crippen LogP contribution is 2.49. The van der Waals surface area contributed by atoms with Gasteiger partial charge in [0, 0.05) is 11.0 Å². The molecule has 2 unspecified atom stereocenters. The Morgan fingerprint density at radius 1 is 1.14 bits per heavy atom. The van der Waals surface area contributed by atoms with Crippen molar-refractivity contribution in [2.75, 3.05) is 13.2 Å². The van der Waals surface area contributed by atoms with Crippen molar-refractivity contribution in [1.29, 1.82) is 0 Å². The first kappa shape index (κ1) is 18.7. The summed E-state index contributed by atoms with van der Waals surface area (Å²) in [5, 5.41) is 0. The SMILES string of the molecule is CCCOC(=O)C1=C(C(=O)OCC)CC(CC)C(C)C1(C)C. The van der Waals surface area contributed by atoms with Gasteiger partial charge in [0.25, 0.3) is 0 Å². The van der Waals surface area contributed by atoms with Crippen molar-refractivity contribution in [2.45, 2.75) is 60.8 Å². The molecule has 0 N–H and O–H groups in total. The van der Waals surface area contributed by atoms with Gasteiger partial charge in [0.05, 0.1) is 18.8 Å². The lowest BCUT2D eigenvalue weighted by Crippen LogP contribution is -2.40. The molecule has 0 aromatic heterocycles. The summed E-state index contributed by atoms with van der Waals surface area (Å²) < 4.78 is 10.5. The summed E-state index contributed by atoms with van der Waals surface area (Å²) in [6, 6.07) is 0. The largest absolute Gasteiger partial charge is 0.463 e. The Balaban J connectivity index is 3.32. The van der Waals surface area contributed by atoms with E-state index in [1.54, 1.807) is 6.92 Å². The van der Waals surface area contributed by atoms with E-state index in [1.165, 1.54) is 0 Å². The molecular formula is C18H30O4. The van der Waals surface area contributed by atoms with Crippen molar-refractivity contribution < 1.29 is 19.1 Å². The molecule has 0 amide bonds. The van der Waals surface area contributed by atoms with Crippen molar-refractivity contribution in [3.05, 3.63) is 11.1 Å². The Morgan fingerprint density at radius 3 is 2.27 bits per heavy atom. The van der Waals surface area contributed by atoms with Gasteiger partial charge < -0.3 is 9.47 Å². The molecule has 0 saturated carbocycles. The zero-order chi connectivity index (χ0) is 16.9. The fraction of sp³-hybridized carbons (Fsp3) is 0.778. The van der Waals surface area contributed by atoms with Crippen molar-refractivity contribution in [2.24, 2.45) is 17.3 Å². The average molecular weight is 310 g/mol. The van der Waals surface area contributed by atoms with Crippen molar-refractivity contribution in [3.63, 3.8) is 0 Å². The van der Waals surface area contributed by atoms with E-state index < -0.39 is 5.41 Å². The van der Waals surface area contributed by atoms with E-state index in [0.717, 1.165) is 12.8 Å². The van der Waals surface area contributed by atoms with E-state index in [0.29, 0.717) is 42.6 Å². The normalized spacial score (nSPS) is 24.1. The summed E-state index contributed by atoms with van der Waals surface area (Å²) >= 11 is 0. The minimum atomic E-state index is -0.397. The van der Waals surface area contributed by atoms with Gasteiger partial charge >= 0.3 is 11.9 Å². The van der Waals surface area contributed by atoms with Crippen LogP contribution in [-0.4, -0.2) is 25.2 Å². The Labute approximate surface area is 134 Å². The van der Waals surface area contributed by atoms with Gasteiger partial charge in [-0.05, 0) is 31.6 Å². The smallest absolute Gasteiger partial charge is 0.335 e. The summed E-state index contributed by atoms with van der Waals surface area (Å²) in [4.78, 5) is 24.9. The first-order valence-corrected chi connectivity index (χ1v) is 8.38. The van der Waals surface area contributed by atoms with E-state index in [2.05, 4.69) is 13.8 Å². The molecule has 0 bridgehead atoms. The standard InChI is InChI=1S/C18H30O4/c1-7-10-22-17(20)15-14(16(19)21-9-3)11-13(8-2)12(4)18(15,5)6/h12-13H,7-11H2,1-6H3. The molecule has 0 aromatic rings. The third kappa shape index (κ3) is 3.71. The van der Waals surface area contributed by atoms with E-state index in [1.807, 2.05) is 20.8 Å². The van der Waals surface area contributed by atoms with Crippen LogP contribution in [0.25, 0.3) is 0 Å². The summed E-state index contributed by atoms with van der Waals surface area (Å²) in [5.41, 5.74) is 0.626. The highest BCUT2D eigenvalue weighted by atomic mass is 16.5. The van der Waals surface area contributed by atoms with Crippen LogP contribution in [0.1, 0.15) is 60.8 Å². The van der Waals surface area contributed by atoms with Crippen LogP contribution < -0.4 is 0 Å². The molecule has 0 aromatic carbocycles. The first-order chi connectivity index (χ1) is 10.3. The second kappa shape index (κ2) is 7.80. The van der Waals surface area contributed by atoms with Crippen LogP contribution >= 0.6 is 0 Å². The maximum atomic E-state index is 12.5. The van der Waals surface area contributed by atoms with Crippen LogP contribution in [-0.2, 0) is 19.1 Å². The molecule has 1 aliphatic rings. The number of hydrogen-bond acceptors (Lipinski definition) is 4. The van der Waals surface area contributed by atoms with Crippen LogP contribution in [0.3, 0.4) is 0 Å². The molecule has 22 heavy (non-hydrogen) atoms. The summed E-state index contributed by atoms with van der Waals surface area (Å²) in [5.74, 6) is -0.0577. The molecule has 4 heteroatoms. The molecule has 4 nitrogen and oxygen atoms in total. The third-order valence-electron chi connectivity index (χ3n) is 4.95. The van der Waals surface area contributed by atoms with Crippen LogP contribution in [0.2, 0.25) is 0 Å². The Bertz CT molecular complexity index is 448. The molecule has 0 saturated heterocycles. The number of hydrogen-bond donors (Lipinski definition) is 0. The van der Waals surface area contributed by atoms with Crippen LogP contribution in [0.5, 0.6) is 0 Å². The van der Waals surface area contributed by atoms with Crippen molar-refractivity contribution in [1.82, 2.24) is 0 Å². The third-order valence-corrected chi connectivity index (χ3v) is 4.95. The first-order valence-electron chi connectivity index (χ1n) is 8.38. The van der Waals surface area contributed by atoms with Gasteiger partial charge in [-0.25, -0.2) is 9.59 Å². The number of carbonyl (C=O) groups is 2. The predicted octanol–water partition coefficient (Wildman–Crippen LogP) is 3.89.